The molecule has 25 heavy (non-hydrogen) atoms. The smallest absolute Gasteiger partial charge is 0.381 e. The van der Waals surface area contributed by atoms with Crippen molar-refractivity contribution in [1.29, 1.82) is 0 Å². The van der Waals surface area contributed by atoms with Gasteiger partial charge in [-0.2, -0.15) is 13.2 Å². The molecule has 0 aliphatic carbocycles. The Kier molecular flexibility index (Phi) is 10.2. The predicted molar refractivity (Wildman–Crippen MR) is 95.6 cm³/mol. The van der Waals surface area contributed by atoms with Crippen LogP contribution in [0.1, 0.15) is 32.6 Å². The number of hydrogen-bond acceptors (Lipinski definition) is 2. The Hall–Kier alpha value is -1.59. The van der Waals surface area contributed by atoms with Gasteiger partial charge in [0.1, 0.15) is 0 Å². The van der Waals surface area contributed by atoms with E-state index < -0.39 is 12.6 Å². The minimum atomic E-state index is -4.14. The first-order valence-electron chi connectivity index (χ1n) is 8.58. The zero-order valence-corrected chi connectivity index (χ0v) is 14.7. The average Bonchev–Trinajstić information content (AvgIpc) is 2.54. The number of halogens is 3. The van der Waals surface area contributed by atoms with Crippen LogP contribution in [0.25, 0.3) is 12.2 Å². The van der Waals surface area contributed by atoms with Gasteiger partial charge in [-0.1, -0.05) is 43.0 Å². The molecule has 1 rings (SSSR count). The summed E-state index contributed by atoms with van der Waals surface area (Å²) in [5, 5.41) is 2.21. The zero-order chi connectivity index (χ0) is 18.5. The number of hydrogen-bond donors (Lipinski definition) is 0. The molecule has 0 aliphatic heterocycles. The summed E-state index contributed by atoms with van der Waals surface area (Å²) in [5.74, 6) is 0. The van der Waals surface area contributed by atoms with Crippen LogP contribution < -0.4 is 10.4 Å². The summed E-state index contributed by atoms with van der Waals surface area (Å²) < 4.78 is 46.5. The van der Waals surface area contributed by atoms with E-state index >= 15 is 0 Å². The van der Waals surface area contributed by atoms with Crippen LogP contribution in [0.15, 0.2) is 36.9 Å². The van der Waals surface area contributed by atoms with Crippen molar-refractivity contribution in [3.63, 3.8) is 0 Å². The van der Waals surface area contributed by atoms with Crippen LogP contribution in [0.5, 0.6) is 0 Å². The number of alkyl halides is 3. The molecule has 0 aliphatic rings. The van der Waals surface area contributed by atoms with Crippen LogP contribution in [-0.4, -0.2) is 32.1 Å². The Morgan fingerprint density at radius 1 is 1.04 bits per heavy atom. The van der Waals surface area contributed by atoms with E-state index in [-0.39, 0.29) is 12.7 Å². The average molecular weight is 356 g/mol. The minimum absolute atomic E-state index is 0.0117. The topological polar surface area (TPSA) is 18.5 Å². The van der Waals surface area contributed by atoms with Crippen LogP contribution in [0, 0.1) is 0 Å². The summed E-state index contributed by atoms with van der Waals surface area (Å²) in [5.41, 5.74) is 0. The maximum Gasteiger partial charge on any atom is 0.391 e. The Bertz CT molecular complexity index is 608. The van der Waals surface area contributed by atoms with Gasteiger partial charge in [0, 0.05) is 13.2 Å². The lowest BCUT2D eigenvalue weighted by molar-refractivity contribution is -0.145. The van der Waals surface area contributed by atoms with Crippen molar-refractivity contribution in [3.05, 3.63) is 47.4 Å². The van der Waals surface area contributed by atoms with Crippen molar-refractivity contribution < 1.29 is 22.6 Å². The molecule has 2 nitrogen and oxygen atoms in total. The van der Waals surface area contributed by atoms with Crippen molar-refractivity contribution >= 4 is 12.2 Å². The molecule has 1 aromatic carbocycles. The van der Waals surface area contributed by atoms with E-state index in [4.69, 9.17) is 9.47 Å². The lowest BCUT2D eigenvalue weighted by Crippen LogP contribution is -2.26. The number of allylic oxidation sites excluding steroid dienone is 1. The largest absolute Gasteiger partial charge is 0.391 e. The van der Waals surface area contributed by atoms with E-state index in [0.717, 1.165) is 29.7 Å². The molecule has 140 valence electrons. The highest BCUT2D eigenvalue weighted by Crippen LogP contribution is 2.18. The zero-order valence-electron chi connectivity index (χ0n) is 14.7. The lowest BCUT2D eigenvalue weighted by Gasteiger charge is -2.09. The van der Waals surface area contributed by atoms with E-state index in [1.807, 2.05) is 37.3 Å². The molecule has 1 aromatic rings. The van der Waals surface area contributed by atoms with Crippen molar-refractivity contribution in [2.75, 3.05) is 19.8 Å². The Morgan fingerprint density at radius 2 is 1.72 bits per heavy atom. The third-order valence-electron chi connectivity index (χ3n) is 3.55. The molecular formula is C20H27F3O2. The second-order valence-corrected chi connectivity index (χ2v) is 5.81. The first kappa shape index (κ1) is 21.5. The molecule has 0 amide bonds. The van der Waals surface area contributed by atoms with E-state index in [9.17, 15) is 13.2 Å². The van der Waals surface area contributed by atoms with Gasteiger partial charge in [-0.25, -0.2) is 0 Å². The van der Waals surface area contributed by atoms with Gasteiger partial charge in [-0.15, -0.1) is 0 Å². The molecule has 0 saturated heterocycles. The SMILES string of the molecule is C=C/C=c1/cccc/c1=C/C(C)OCCCCCOCCC(F)(F)F. The molecule has 0 N–H and O–H groups in total. The molecule has 1 atom stereocenters. The van der Waals surface area contributed by atoms with E-state index in [1.165, 1.54) is 0 Å². The van der Waals surface area contributed by atoms with Crippen LogP contribution in [0.4, 0.5) is 13.2 Å². The maximum atomic E-state index is 11.9. The monoisotopic (exact) mass is 356 g/mol. The number of ether oxygens (including phenoxy) is 2. The minimum Gasteiger partial charge on any atom is -0.381 e. The molecular weight excluding hydrogens is 329 g/mol. The molecule has 1 unspecified atom stereocenters. The summed E-state index contributed by atoms with van der Waals surface area (Å²) in [4.78, 5) is 0. The third kappa shape index (κ3) is 10.8. The summed E-state index contributed by atoms with van der Waals surface area (Å²) in [6, 6.07) is 8.03. The highest BCUT2D eigenvalue weighted by Gasteiger charge is 2.26. The summed E-state index contributed by atoms with van der Waals surface area (Å²) in [7, 11) is 0. The molecule has 0 radical (unpaired) electrons. The second kappa shape index (κ2) is 11.9. The fraction of sp³-hybridized carbons (Fsp3) is 0.500. The molecule has 0 fully saturated rings. The summed E-state index contributed by atoms with van der Waals surface area (Å²) in [6.07, 6.45) is 3.23. The van der Waals surface area contributed by atoms with E-state index in [2.05, 4.69) is 12.7 Å². The van der Waals surface area contributed by atoms with Gasteiger partial charge in [-0.3, -0.25) is 0 Å². The van der Waals surface area contributed by atoms with Gasteiger partial charge in [0.25, 0.3) is 0 Å². The van der Waals surface area contributed by atoms with Gasteiger partial charge >= 0.3 is 6.18 Å². The van der Waals surface area contributed by atoms with Crippen molar-refractivity contribution in [1.82, 2.24) is 0 Å². The highest BCUT2D eigenvalue weighted by atomic mass is 19.4. The number of benzene rings is 1. The molecule has 0 bridgehead atoms. The lowest BCUT2D eigenvalue weighted by atomic mass is 10.2. The Morgan fingerprint density at radius 3 is 2.40 bits per heavy atom. The van der Waals surface area contributed by atoms with Gasteiger partial charge in [0.2, 0.25) is 0 Å². The first-order valence-corrected chi connectivity index (χ1v) is 8.58. The second-order valence-electron chi connectivity index (χ2n) is 5.81. The fourth-order valence-electron chi connectivity index (χ4n) is 2.28. The predicted octanol–water partition coefficient (Wildman–Crippen LogP) is 3.98. The fourth-order valence-corrected chi connectivity index (χ4v) is 2.28. The van der Waals surface area contributed by atoms with Gasteiger partial charge in [0.15, 0.2) is 0 Å². The van der Waals surface area contributed by atoms with E-state index in [0.29, 0.717) is 13.2 Å². The van der Waals surface area contributed by atoms with Gasteiger partial charge in [-0.05, 0) is 42.7 Å². The molecule has 0 saturated carbocycles. The quantitative estimate of drug-likeness (QED) is 0.559. The van der Waals surface area contributed by atoms with Crippen LogP contribution in [-0.2, 0) is 9.47 Å². The third-order valence-corrected chi connectivity index (χ3v) is 3.55. The van der Waals surface area contributed by atoms with Gasteiger partial charge < -0.3 is 9.47 Å². The molecule has 0 heterocycles. The number of rotatable bonds is 11. The van der Waals surface area contributed by atoms with Gasteiger partial charge in [0.05, 0.1) is 19.1 Å². The van der Waals surface area contributed by atoms with Crippen LogP contribution in [0.2, 0.25) is 0 Å². The Balaban J connectivity index is 2.20. The van der Waals surface area contributed by atoms with Crippen molar-refractivity contribution in [3.8, 4) is 0 Å². The number of unbranched alkanes of at least 4 members (excludes halogenated alkanes) is 2. The van der Waals surface area contributed by atoms with Crippen molar-refractivity contribution in [2.45, 2.75) is 44.9 Å². The standard InChI is InChI=1S/C20H27F3O2/c1-3-9-18-10-5-6-11-19(18)16-17(2)25-14-8-4-7-13-24-15-12-20(21,22)23/h3,5-6,9-11,16-17H,1,4,7-8,12-15H2,2H3/b18-9-,19-16-. The maximum absolute atomic E-state index is 11.9. The summed E-state index contributed by atoms with van der Waals surface area (Å²) in [6.45, 7) is 6.43. The highest BCUT2D eigenvalue weighted by molar-refractivity contribution is 5.39. The van der Waals surface area contributed by atoms with Crippen LogP contribution in [0.3, 0.4) is 0 Å². The van der Waals surface area contributed by atoms with Crippen LogP contribution >= 0.6 is 0 Å². The summed E-state index contributed by atoms with van der Waals surface area (Å²) >= 11 is 0. The first-order chi connectivity index (χ1) is 11.9. The van der Waals surface area contributed by atoms with Crippen molar-refractivity contribution in [2.24, 2.45) is 0 Å². The Labute approximate surface area is 147 Å². The molecule has 0 aromatic heterocycles. The molecule has 5 heteroatoms. The molecule has 0 spiro atoms. The van der Waals surface area contributed by atoms with E-state index in [1.54, 1.807) is 6.08 Å². The normalized spacial score (nSPS) is 14.7.